The van der Waals surface area contributed by atoms with Crippen LogP contribution in [0.5, 0.6) is 0 Å². The normalized spacial score (nSPS) is 19.7. The van der Waals surface area contributed by atoms with E-state index in [1.807, 2.05) is 11.3 Å². The molecule has 2 nitrogen and oxygen atoms in total. The largest absolute Gasteiger partial charge is 0.389 e. The zero-order valence-electron chi connectivity index (χ0n) is 11.4. The summed E-state index contributed by atoms with van der Waals surface area (Å²) in [5.74, 6) is 0. The molecular formula is C15H25NOS. The van der Waals surface area contributed by atoms with E-state index in [2.05, 4.69) is 24.4 Å². The summed E-state index contributed by atoms with van der Waals surface area (Å²) >= 11 is 1.88. The molecule has 1 aromatic rings. The summed E-state index contributed by atoms with van der Waals surface area (Å²) in [7, 11) is 0. The van der Waals surface area contributed by atoms with E-state index < -0.39 is 5.60 Å². The fourth-order valence-electron chi connectivity index (χ4n) is 2.69. The summed E-state index contributed by atoms with van der Waals surface area (Å²) < 4.78 is 0. The molecule has 0 atom stereocenters. The van der Waals surface area contributed by atoms with Crippen molar-refractivity contribution in [2.45, 2.75) is 64.0 Å². The first-order chi connectivity index (χ1) is 8.72. The lowest BCUT2D eigenvalue weighted by atomic mass is 9.94. The van der Waals surface area contributed by atoms with E-state index in [9.17, 15) is 5.11 Å². The Kier molecular flexibility index (Phi) is 5.22. The Morgan fingerprint density at radius 1 is 1.17 bits per heavy atom. The number of aliphatic hydroxyl groups is 1. The van der Waals surface area contributed by atoms with Gasteiger partial charge < -0.3 is 10.4 Å². The lowest BCUT2D eigenvalue weighted by Gasteiger charge is -2.26. The smallest absolute Gasteiger partial charge is 0.0771 e. The van der Waals surface area contributed by atoms with E-state index in [-0.39, 0.29) is 0 Å². The predicted octanol–water partition coefficient (Wildman–Crippen LogP) is 3.49. The Balaban J connectivity index is 1.76. The van der Waals surface area contributed by atoms with Crippen molar-refractivity contribution in [3.05, 3.63) is 21.9 Å². The van der Waals surface area contributed by atoms with Gasteiger partial charge in [0, 0.05) is 22.8 Å². The molecular weight excluding hydrogens is 242 g/mol. The summed E-state index contributed by atoms with van der Waals surface area (Å²) in [6.45, 7) is 3.83. The number of hydrogen-bond acceptors (Lipinski definition) is 3. The highest BCUT2D eigenvalue weighted by atomic mass is 32.1. The molecule has 0 unspecified atom stereocenters. The van der Waals surface area contributed by atoms with Crippen molar-refractivity contribution in [2.24, 2.45) is 0 Å². The fourth-order valence-corrected chi connectivity index (χ4v) is 3.62. The quantitative estimate of drug-likeness (QED) is 0.801. The molecule has 1 saturated carbocycles. The first kappa shape index (κ1) is 14.0. The zero-order chi connectivity index (χ0) is 12.8. The summed E-state index contributed by atoms with van der Waals surface area (Å²) in [4.78, 5) is 2.82. The number of aryl methyl sites for hydroxylation is 1. The van der Waals surface area contributed by atoms with E-state index >= 15 is 0 Å². The van der Waals surface area contributed by atoms with Crippen molar-refractivity contribution < 1.29 is 5.11 Å². The van der Waals surface area contributed by atoms with Crippen LogP contribution in [0, 0.1) is 0 Å². The Hall–Kier alpha value is -0.380. The predicted molar refractivity (Wildman–Crippen MR) is 78.1 cm³/mol. The number of rotatable bonds is 5. The van der Waals surface area contributed by atoms with Gasteiger partial charge in [0.2, 0.25) is 0 Å². The van der Waals surface area contributed by atoms with Crippen LogP contribution in [0.15, 0.2) is 12.1 Å². The topological polar surface area (TPSA) is 32.3 Å². The van der Waals surface area contributed by atoms with Gasteiger partial charge in [0.25, 0.3) is 0 Å². The van der Waals surface area contributed by atoms with E-state index in [0.717, 1.165) is 32.4 Å². The first-order valence-corrected chi connectivity index (χ1v) is 8.04. The maximum Gasteiger partial charge on any atom is 0.0771 e. The molecule has 0 saturated heterocycles. The third-order valence-electron chi connectivity index (χ3n) is 3.85. The van der Waals surface area contributed by atoms with Gasteiger partial charge >= 0.3 is 0 Å². The van der Waals surface area contributed by atoms with Crippen LogP contribution in [0.3, 0.4) is 0 Å². The molecule has 102 valence electrons. The first-order valence-electron chi connectivity index (χ1n) is 7.22. The second-order valence-corrected chi connectivity index (χ2v) is 6.72. The molecule has 0 aliphatic heterocycles. The molecule has 0 amide bonds. The highest BCUT2D eigenvalue weighted by molar-refractivity contribution is 7.11. The summed E-state index contributed by atoms with van der Waals surface area (Å²) in [6.07, 6.45) is 7.97. The van der Waals surface area contributed by atoms with Gasteiger partial charge in [-0.2, -0.15) is 0 Å². The van der Waals surface area contributed by atoms with Gasteiger partial charge in [0.05, 0.1) is 5.60 Å². The molecule has 1 aliphatic rings. The third-order valence-corrected chi connectivity index (χ3v) is 5.08. The third kappa shape index (κ3) is 4.08. The van der Waals surface area contributed by atoms with Crippen LogP contribution >= 0.6 is 11.3 Å². The van der Waals surface area contributed by atoms with Gasteiger partial charge in [-0.15, -0.1) is 11.3 Å². The Labute approximate surface area is 114 Å². The highest BCUT2D eigenvalue weighted by Crippen LogP contribution is 2.26. The number of thiophene rings is 1. The Bertz CT molecular complexity index is 353. The van der Waals surface area contributed by atoms with Crippen molar-refractivity contribution in [3.63, 3.8) is 0 Å². The van der Waals surface area contributed by atoms with Crippen LogP contribution in [-0.2, 0) is 13.0 Å². The minimum absolute atomic E-state index is 0.457. The average Bonchev–Trinajstić information content (AvgIpc) is 2.71. The minimum Gasteiger partial charge on any atom is -0.389 e. The molecule has 0 spiro atoms. The fraction of sp³-hybridized carbons (Fsp3) is 0.733. The average molecular weight is 267 g/mol. The molecule has 18 heavy (non-hydrogen) atoms. The van der Waals surface area contributed by atoms with Gasteiger partial charge in [-0.3, -0.25) is 0 Å². The van der Waals surface area contributed by atoms with Gasteiger partial charge in [-0.1, -0.05) is 32.6 Å². The Morgan fingerprint density at radius 2 is 1.83 bits per heavy atom. The van der Waals surface area contributed by atoms with Crippen LogP contribution in [0.1, 0.15) is 55.2 Å². The van der Waals surface area contributed by atoms with Crippen LogP contribution in [0.25, 0.3) is 0 Å². The maximum absolute atomic E-state index is 10.5. The standard InChI is InChI=1S/C15H25NOS/c1-2-13-7-8-14(18-13)11-16-12-15(17)9-5-3-4-6-10-15/h7-8,16-17H,2-6,9-12H2,1H3. The SMILES string of the molecule is CCc1ccc(CNCC2(O)CCCCCC2)s1. The lowest BCUT2D eigenvalue weighted by Crippen LogP contribution is -2.39. The number of nitrogens with one attached hydrogen (secondary N) is 1. The van der Waals surface area contributed by atoms with E-state index in [0.29, 0.717) is 0 Å². The second kappa shape index (κ2) is 6.69. The molecule has 0 bridgehead atoms. The van der Waals surface area contributed by atoms with Crippen LogP contribution in [0.2, 0.25) is 0 Å². The maximum atomic E-state index is 10.5. The van der Waals surface area contributed by atoms with E-state index in [1.165, 1.54) is 35.4 Å². The van der Waals surface area contributed by atoms with Gasteiger partial charge in [-0.05, 0) is 31.4 Å². The van der Waals surface area contributed by atoms with Gasteiger partial charge in [0.1, 0.15) is 0 Å². The van der Waals surface area contributed by atoms with Crippen LogP contribution < -0.4 is 5.32 Å². The monoisotopic (exact) mass is 267 g/mol. The van der Waals surface area contributed by atoms with Gasteiger partial charge in [-0.25, -0.2) is 0 Å². The zero-order valence-corrected chi connectivity index (χ0v) is 12.2. The van der Waals surface area contributed by atoms with Gasteiger partial charge in [0.15, 0.2) is 0 Å². The van der Waals surface area contributed by atoms with Crippen molar-refractivity contribution >= 4 is 11.3 Å². The molecule has 3 heteroatoms. The van der Waals surface area contributed by atoms with Crippen molar-refractivity contribution in [1.29, 1.82) is 0 Å². The van der Waals surface area contributed by atoms with Crippen molar-refractivity contribution in [2.75, 3.05) is 6.54 Å². The Morgan fingerprint density at radius 3 is 2.44 bits per heavy atom. The molecule has 2 N–H and O–H groups in total. The highest BCUT2D eigenvalue weighted by Gasteiger charge is 2.27. The van der Waals surface area contributed by atoms with Crippen molar-refractivity contribution in [1.82, 2.24) is 5.32 Å². The molecule has 1 aromatic heterocycles. The van der Waals surface area contributed by atoms with E-state index in [4.69, 9.17) is 0 Å². The molecule has 0 radical (unpaired) electrons. The van der Waals surface area contributed by atoms with Crippen LogP contribution in [0.4, 0.5) is 0 Å². The molecule has 1 aliphatic carbocycles. The molecule has 0 aromatic carbocycles. The second-order valence-electron chi connectivity index (χ2n) is 5.46. The molecule has 1 fully saturated rings. The summed E-state index contributed by atoms with van der Waals surface area (Å²) in [5, 5.41) is 14.0. The minimum atomic E-state index is -0.457. The summed E-state index contributed by atoms with van der Waals surface area (Å²) in [6, 6.07) is 4.41. The van der Waals surface area contributed by atoms with Crippen LogP contribution in [-0.4, -0.2) is 17.3 Å². The summed E-state index contributed by atoms with van der Waals surface area (Å²) in [5.41, 5.74) is -0.457. The van der Waals surface area contributed by atoms with Crippen molar-refractivity contribution in [3.8, 4) is 0 Å². The lowest BCUT2D eigenvalue weighted by molar-refractivity contribution is 0.0251. The van der Waals surface area contributed by atoms with E-state index in [1.54, 1.807) is 0 Å². The molecule has 1 heterocycles. The number of hydrogen-bond donors (Lipinski definition) is 2. The molecule has 2 rings (SSSR count).